The lowest BCUT2D eigenvalue weighted by molar-refractivity contribution is -0.162. The summed E-state index contributed by atoms with van der Waals surface area (Å²) in [5.74, 6) is -1.03. The number of carboxylic acid groups (broad SMARTS) is 1. The maximum atomic E-state index is 11.6. The molecule has 0 aromatic carbocycles. The van der Waals surface area contributed by atoms with Crippen LogP contribution in [0.25, 0.3) is 0 Å². The topological polar surface area (TPSA) is 60.9 Å². The van der Waals surface area contributed by atoms with Crippen molar-refractivity contribution >= 4 is 11.9 Å². The number of aliphatic carboxylic acids is 1. The number of hydrogen-bond donors (Lipinski definition) is 1. The van der Waals surface area contributed by atoms with E-state index < -0.39 is 11.5 Å². The Morgan fingerprint density at radius 3 is 2.11 bits per heavy atom. The molecule has 1 aliphatic rings. The lowest BCUT2D eigenvalue weighted by Crippen LogP contribution is -2.62. The van der Waals surface area contributed by atoms with Crippen LogP contribution in [0.5, 0.6) is 0 Å². The Hall–Kier alpha value is -1.10. The number of hydrogen-bond acceptors (Lipinski definition) is 3. The molecule has 0 bridgehead atoms. The van der Waals surface area contributed by atoms with Crippen LogP contribution in [0.4, 0.5) is 0 Å². The average Bonchev–Trinajstić information content (AvgIpc) is 2.29. The number of carbonyl (C=O) groups excluding carboxylic acids is 1. The van der Waals surface area contributed by atoms with E-state index in [0.717, 1.165) is 13.1 Å². The summed E-state index contributed by atoms with van der Waals surface area (Å²) < 4.78 is 0. The zero-order valence-corrected chi connectivity index (χ0v) is 11.8. The lowest BCUT2D eigenvalue weighted by atomic mass is 9.85. The van der Waals surface area contributed by atoms with Crippen molar-refractivity contribution in [3.8, 4) is 0 Å². The van der Waals surface area contributed by atoms with Crippen molar-refractivity contribution in [2.24, 2.45) is 0 Å². The molecule has 1 rings (SSSR count). The second-order valence-electron chi connectivity index (χ2n) is 5.23. The first-order chi connectivity index (χ1) is 8.35. The third kappa shape index (κ3) is 2.66. The van der Waals surface area contributed by atoms with Gasteiger partial charge in [0.25, 0.3) is 0 Å². The van der Waals surface area contributed by atoms with Crippen LogP contribution in [0.15, 0.2) is 0 Å². The van der Waals surface area contributed by atoms with Gasteiger partial charge in [0.05, 0.1) is 0 Å². The van der Waals surface area contributed by atoms with Crippen LogP contribution in [0.3, 0.4) is 0 Å². The van der Waals surface area contributed by atoms with Crippen molar-refractivity contribution in [1.29, 1.82) is 0 Å². The van der Waals surface area contributed by atoms with E-state index in [1.807, 2.05) is 6.92 Å². The average molecular weight is 256 g/mol. The summed E-state index contributed by atoms with van der Waals surface area (Å²) in [6.07, 6.45) is 1.02. The van der Waals surface area contributed by atoms with Crippen molar-refractivity contribution < 1.29 is 14.7 Å². The molecule has 1 fully saturated rings. The van der Waals surface area contributed by atoms with Crippen molar-refractivity contribution in [3.63, 3.8) is 0 Å². The van der Waals surface area contributed by atoms with E-state index in [2.05, 4.69) is 18.7 Å². The number of carbonyl (C=O) groups is 2. The molecule has 0 unspecified atom stereocenters. The molecule has 1 heterocycles. The highest BCUT2D eigenvalue weighted by atomic mass is 16.4. The number of likely N-dealkylation sites (N-methyl/N-ethyl adjacent to an activating group) is 1. The van der Waals surface area contributed by atoms with Gasteiger partial charge in [-0.15, -0.1) is 0 Å². The van der Waals surface area contributed by atoms with Gasteiger partial charge in [-0.05, 0) is 33.6 Å². The Labute approximate surface area is 109 Å². The van der Waals surface area contributed by atoms with Crippen molar-refractivity contribution in [3.05, 3.63) is 0 Å². The van der Waals surface area contributed by atoms with Crippen LogP contribution in [-0.4, -0.2) is 58.0 Å². The third-order valence-electron chi connectivity index (χ3n) is 3.97. The van der Waals surface area contributed by atoms with E-state index in [9.17, 15) is 14.7 Å². The fourth-order valence-electron chi connectivity index (χ4n) is 2.84. The minimum atomic E-state index is -1.01. The van der Waals surface area contributed by atoms with Crippen molar-refractivity contribution in [2.45, 2.75) is 52.1 Å². The first-order valence-electron chi connectivity index (χ1n) is 6.60. The molecule has 0 aromatic heterocycles. The van der Waals surface area contributed by atoms with Gasteiger partial charge in [0.2, 0.25) is 5.91 Å². The molecule has 1 N–H and O–H groups in total. The molecule has 5 heteroatoms. The van der Waals surface area contributed by atoms with Gasteiger partial charge in [0.1, 0.15) is 5.54 Å². The van der Waals surface area contributed by atoms with E-state index in [-0.39, 0.29) is 5.91 Å². The highest BCUT2D eigenvalue weighted by molar-refractivity contribution is 5.86. The summed E-state index contributed by atoms with van der Waals surface area (Å²) in [4.78, 5) is 27.1. The summed E-state index contributed by atoms with van der Waals surface area (Å²) in [6.45, 7) is 9.40. The van der Waals surface area contributed by atoms with Crippen LogP contribution in [0.1, 0.15) is 40.5 Å². The van der Waals surface area contributed by atoms with E-state index in [4.69, 9.17) is 0 Å². The predicted octanol–water partition coefficient (Wildman–Crippen LogP) is 1.18. The lowest BCUT2D eigenvalue weighted by Gasteiger charge is -2.46. The maximum Gasteiger partial charge on any atom is 0.329 e. The Bertz CT molecular complexity index is 320. The summed E-state index contributed by atoms with van der Waals surface area (Å²) in [5, 5.41) is 9.55. The Morgan fingerprint density at radius 2 is 1.83 bits per heavy atom. The number of amides is 1. The largest absolute Gasteiger partial charge is 0.479 e. The summed E-state index contributed by atoms with van der Waals surface area (Å²) >= 11 is 0. The predicted molar refractivity (Wildman–Crippen MR) is 69.4 cm³/mol. The molecule has 1 aliphatic heterocycles. The van der Waals surface area contributed by atoms with Gasteiger partial charge >= 0.3 is 5.97 Å². The smallest absolute Gasteiger partial charge is 0.329 e. The van der Waals surface area contributed by atoms with Crippen LogP contribution < -0.4 is 0 Å². The molecule has 0 saturated carbocycles. The molecule has 0 aliphatic carbocycles. The molecule has 104 valence electrons. The van der Waals surface area contributed by atoms with Gasteiger partial charge in [0, 0.05) is 32.6 Å². The minimum Gasteiger partial charge on any atom is -0.479 e. The summed E-state index contributed by atoms with van der Waals surface area (Å²) in [7, 11) is 0. The van der Waals surface area contributed by atoms with Gasteiger partial charge < -0.3 is 14.9 Å². The Morgan fingerprint density at radius 1 is 1.33 bits per heavy atom. The molecule has 0 radical (unpaired) electrons. The second kappa shape index (κ2) is 5.69. The van der Waals surface area contributed by atoms with Crippen LogP contribution >= 0.6 is 0 Å². The van der Waals surface area contributed by atoms with Gasteiger partial charge in [0.15, 0.2) is 0 Å². The molecule has 1 saturated heterocycles. The fourth-order valence-corrected chi connectivity index (χ4v) is 2.84. The summed E-state index contributed by atoms with van der Waals surface area (Å²) in [5.41, 5.74) is -1.01. The molecule has 0 atom stereocenters. The van der Waals surface area contributed by atoms with Gasteiger partial charge in [-0.1, -0.05) is 0 Å². The first-order valence-corrected chi connectivity index (χ1v) is 6.60. The van der Waals surface area contributed by atoms with Gasteiger partial charge in [-0.3, -0.25) is 4.79 Å². The highest BCUT2D eigenvalue weighted by Crippen LogP contribution is 2.30. The SMILES string of the molecule is CCN(C(C)=O)C1(C(=O)O)CCN(C(C)C)CC1. The van der Waals surface area contributed by atoms with E-state index >= 15 is 0 Å². The molecule has 5 nitrogen and oxygen atoms in total. The monoisotopic (exact) mass is 256 g/mol. The quantitative estimate of drug-likeness (QED) is 0.820. The zero-order chi connectivity index (χ0) is 13.9. The van der Waals surface area contributed by atoms with E-state index in [0.29, 0.717) is 25.4 Å². The van der Waals surface area contributed by atoms with Crippen molar-refractivity contribution in [1.82, 2.24) is 9.80 Å². The van der Waals surface area contributed by atoms with E-state index in [1.54, 1.807) is 0 Å². The molecule has 0 spiro atoms. The zero-order valence-electron chi connectivity index (χ0n) is 11.8. The molecule has 1 amide bonds. The van der Waals surface area contributed by atoms with Gasteiger partial charge in [-0.25, -0.2) is 4.79 Å². The minimum absolute atomic E-state index is 0.155. The summed E-state index contributed by atoms with van der Waals surface area (Å²) in [6, 6.07) is 0.421. The standard InChI is InChI=1S/C13H24N2O3/c1-5-15(11(4)16)13(12(17)18)6-8-14(9-7-13)10(2)3/h10H,5-9H2,1-4H3,(H,17,18). The molecular weight excluding hydrogens is 232 g/mol. The Kier molecular flexibility index (Phi) is 4.73. The number of rotatable bonds is 4. The molecule has 18 heavy (non-hydrogen) atoms. The number of nitrogens with zero attached hydrogens (tertiary/aromatic N) is 2. The number of carboxylic acids is 1. The fraction of sp³-hybridized carbons (Fsp3) is 0.846. The van der Waals surface area contributed by atoms with Crippen molar-refractivity contribution in [2.75, 3.05) is 19.6 Å². The normalized spacial score (nSPS) is 19.8. The Balaban J connectivity index is 2.91. The second-order valence-corrected chi connectivity index (χ2v) is 5.23. The van der Waals surface area contributed by atoms with Crippen LogP contribution in [-0.2, 0) is 9.59 Å². The van der Waals surface area contributed by atoms with Crippen LogP contribution in [0, 0.1) is 0 Å². The number of likely N-dealkylation sites (tertiary alicyclic amines) is 1. The number of piperidine rings is 1. The third-order valence-corrected chi connectivity index (χ3v) is 3.97. The van der Waals surface area contributed by atoms with Crippen LogP contribution in [0.2, 0.25) is 0 Å². The van der Waals surface area contributed by atoms with Gasteiger partial charge in [-0.2, -0.15) is 0 Å². The highest BCUT2D eigenvalue weighted by Gasteiger charge is 2.47. The first kappa shape index (κ1) is 15.0. The van der Waals surface area contributed by atoms with E-state index in [1.165, 1.54) is 11.8 Å². The maximum absolute atomic E-state index is 11.6. The molecule has 0 aromatic rings. The molecular formula is C13H24N2O3.